The van der Waals surface area contributed by atoms with Crippen molar-refractivity contribution in [1.82, 2.24) is 5.32 Å². The minimum atomic E-state index is -0.437. The molecule has 0 amide bonds. The number of rotatable bonds is 7. The van der Waals surface area contributed by atoms with Crippen LogP contribution in [0.3, 0.4) is 0 Å². The molecule has 0 spiro atoms. The second-order valence-corrected chi connectivity index (χ2v) is 4.03. The van der Waals surface area contributed by atoms with E-state index in [9.17, 15) is 10.1 Å². The Hall–Kier alpha value is -1.33. The first-order valence-corrected chi connectivity index (χ1v) is 5.91. The average molecular weight is 258 g/mol. The van der Waals surface area contributed by atoms with Crippen LogP contribution in [0.4, 0.5) is 11.4 Å². The number of nitro benzene ring substituents is 1. The van der Waals surface area contributed by atoms with Crippen molar-refractivity contribution >= 4 is 23.0 Å². The Morgan fingerprint density at radius 2 is 2.12 bits per heavy atom. The van der Waals surface area contributed by atoms with Crippen LogP contribution >= 0.6 is 11.6 Å². The molecule has 0 fully saturated rings. The SMILES string of the molecule is CCCNCCNc1ccc(Cl)cc1[N+](=O)[O-]. The molecule has 0 aromatic heterocycles. The monoisotopic (exact) mass is 257 g/mol. The Kier molecular flexibility index (Phi) is 5.72. The minimum Gasteiger partial charge on any atom is -0.378 e. The number of hydrogen-bond donors (Lipinski definition) is 2. The molecular weight excluding hydrogens is 242 g/mol. The van der Waals surface area contributed by atoms with E-state index in [1.54, 1.807) is 12.1 Å². The van der Waals surface area contributed by atoms with Crippen LogP contribution in [0.1, 0.15) is 13.3 Å². The van der Waals surface area contributed by atoms with Gasteiger partial charge in [0.25, 0.3) is 5.69 Å². The van der Waals surface area contributed by atoms with Crippen molar-refractivity contribution in [1.29, 1.82) is 0 Å². The van der Waals surface area contributed by atoms with Gasteiger partial charge in [-0.25, -0.2) is 0 Å². The van der Waals surface area contributed by atoms with E-state index in [-0.39, 0.29) is 5.69 Å². The lowest BCUT2D eigenvalue weighted by Gasteiger charge is -2.07. The summed E-state index contributed by atoms with van der Waals surface area (Å²) in [7, 11) is 0. The smallest absolute Gasteiger partial charge is 0.293 e. The molecule has 1 rings (SSSR count). The normalized spacial score (nSPS) is 10.2. The Balaban J connectivity index is 2.55. The number of nitro groups is 1. The quantitative estimate of drug-likeness (QED) is 0.448. The van der Waals surface area contributed by atoms with Gasteiger partial charge in [0.05, 0.1) is 4.92 Å². The zero-order valence-corrected chi connectivity index (χ0v) is 10.5. The predicted octanol–water partition coefficient (Wildman–Crippen LogP) is 2.66. The molecule has 0 aliphatic rings. The molecule has 5 nitrogen and oxygen atoms in total. The van der Waals surface area contributed by atoms with Gasteiger partial charge in [0.1, 0.15) is 5.69 Å². The van der Waals surface area contributed by atoms with Crippen molar-refractivity contribution in [2.45, 2.75) is 13.3 Å². The summed E-state index contributed by atoms with van der Waals surface area (Å²) >= 11 is 5.72. The fraction of sp³-hybridized carbons (Fsp3) is 0.455. The minimum absolute atomic E-state index is 0.00740. The van der Waals surface area contributed by atoms with E-state index in [1.165, 1.54) is 6.07 Å². The first-order valence-electron chi connectivity index (χ1n) is 5.53. The zero-order valence-electron chi connectivity index (χ0n) is 9.70. The van der Waals surface area contributed by atoms with Crippen LogP contribution in [0.2, 0.25) is 5.02 Å². The lowest BCUT2D eigenvalue weighted by atomic mass is 10.2. The predicted molar refractivity (Wildman–Crippen MR) is 69.8 cm³/mol. The van der Waals surface area contributed by atoms with E-state index in [2.05, 4.69) is 17.6 Å². The lowest BCUT2D eigenvalue weighted by Crippen LogP contribution is -2.22. The summed E-state index contributed by atoms with van der Waals surface area (Å²) in [6.07, 6.45) is 1.07. The van der Waals surface area contributed by atoms with E-state index >= 15 is 0 Å². The summed E-state index contributed by atoms with van der Waals surface area (Å²) in [5.74, 6) is 0. The van der Waals surface area contributed by atoms with Crippen LogP contribution < -0.4 is 10.6 Å². The summed E-state index contributed by atoms with van der Waals surface area (Å²) < 4.78 is 0. The van der Waals surface area contributed by atoms with Crippen molar-refractivity contribution in [3.05, 3.63) is 33.3 Å². The van der Waals surface area contributed by atoms with Gasteiger partial charge < -0.3 is 10.6 Å². The molecule has 6 heteroatoms. The Bertz CT molecular complexity index is 385. The van der Waals surface area contributed by atoms with Gasteiger partial charge in [-0.3, -0.25) is 10.1 Å². The maximum Gasteiger partial charge on any atom is 0.293 e. The van der Waals surface area contributed by atoms with Crippen LogP contribution in [0.15, 0.2) is 18.2 Å². The number of nitrogens with zero attached hydrogens (tertiary/aromatic N) is 1. The molecule has 0 radical (unpaired) electrons. The molecule has 17 heavy (non-hydrogen) atoms. The molecule has 1 aromatic rings. The molecule has 0 aliphatic heterocycles. The maximum absolute atomic E-state index is 10.8. The number of nitrogens with one attached hydrogen (secondary N) is 2. The van der Waals surface area contributed by atoms with Crippen LogP contribution in [-0.2, 0) is 0 Å². The molecule has 1 aromatic carbocycles. The number of halogens is 1. The number of benzene rings is 1. The first kappa shape index (κ1) is 13.7. The van der Waals surface area contributed by atoms with Gasteiger partial charge in [-0.2, -0.15) is 0 Å². The second-order valence-electron chi connectivity index (χ2n) is 3.60. The molecule has 0 aliphatic carbocycles. The summed E-state index contributed by atoms with van der Waals surface area (Å²) in [4.78, 5) is 10.4. The largest absolute Gasteiger partial charge is 0.378 e. The Labute approximate surface area is 105 Å². The molecular formula is C11H16ClN3O2. The van der Waals surface area contributed by atoms with Crippen molar-refractivity contribution in [2.75, 3.05) is 25.0 Å². The highest BCUT2D eigenvalue weighted by atomic mass is 35.5. The van der Waals surface area contributed by atoms with E-state index in [4.69, 9.17) is 11.6 Å². The first-order chi connectivity index (χ1) is 8.15. The second kappa shape index (κ2) is 7.09. The molecule has 0 unspecified atom stereocenters. The highest BCUT2D eigenvalue weighted by Gasteiger charge is 2.13. The van der Waals surface area contributed by atoms with Crippen LogP contribution in [0.25, 0.3) is 0 Å². The summed E-state index contributed by atoms with van der Waals surface area (Å²) in [5.41, 5.74) is 0.505. The van der Waals surface area contributed by atoms with Gasteiger partial charge in [-0.05, 0) is 25.1 Å². The highest BCUT2D eigenvalue weighted by Crippen LogP contribution is 2.27. The molecule has 0 saturated heterocycles. The van der Waals surface area contributed by atoms with Crippen molar-refractivity contribution in [3.8, 4) is 0 Å². The Morgan fingerprint density at radius 1 is 1.35 bits per heavy atom. The van der Waals surface area contributed by atoms with Gasteiger partial charge in [0, 0.05) is 24.2 Å². The molecule has 94 valence electrons. The van der Waals surface area contributed by atoms with Crippen molar-refractivity contribution in [2.24, 2.45) is 0 Å². The molecule has 0 atom stereocenters. The van der Waals surface area contributed by atoms with Gasteiger partial charge in [-0.1, -0.05) is 18.5 Å². The van der Waals surface area contributed by atoms with Gasteiger partial charge in [0.2, 0.25) is 0 Å². The summed E-state index contributed by atoms with van der Waals surface area (Å²) in [5, 5.41) is 17.4. The van der Waals surface area contributed by atoms with Crippen molar-refractivity contribution in [3.63, 3.8) is 0 Å². The average Bonchev–Trinajstić information content (AvgIpc) is 2.30. The third-order valence-corrected chi connectivity index (χ3v) is 2.44. The van der Waals surface area contributed by atoms with Gasteiger partial charge >= 0.3 is 0 Å². The van der Waals surface area contributed by atoms with Gasteiger partial charge in [-0.15, -0.1) is 0 Å². The van der Waals surface area contributed by atoms with Crippen LogP contribution in [-0.4, -0.2) is 24.6 Å². The van der Waals surface area contributed by atoms with Gasteiger partial charge in [0.15, 0.2) is 0 Å². The lowest BCUT2D eigenvalue weighted by molar-refractivity contribution is -0.383. The number of hydrogen-bond acceptors (Lipinski definition) is 4. The third kappa shape index (κ3) is 4.58. The van der Waals surface area contributed by atoms with E-state index in [0.29, 0.717) is 17.3 Å². The molecule has 0 saturated carbocycles. The molecule has 0 heterocycles. The maximum atomic E-state index is 10.8. The molecule has 2 N–H and O–H groups in total. The highest BCUT2D eigenvalue weighted by molar-refractivity contribution is 6.30. The Morgan fingerprint density at radius 3 is 2.76 bits per heavy atom. The van der Waals surface area contributed by atoms with E-state index in [0.717, 1.165) is 19.5 Å². The summed E-state index contributed by atoms with van der Waals surface area (Å²) in [6.45, 7) is 4.45. The fourth-order valence-corrected chi connectivity index (χ4v) is 1.56. The van der Waals surface area contributed by atoms with Crippen molar-refractivity contribution < 1.29 is 4.92 Å². The van der Waals surface area contributed by atoms with Crippen LogP contribution in [0.5, 0.6) is 0 Å². The summed E-state index contributed by atoms with van der Waals surface area (Å²) in [6, 6.07) is 4.61. The third-order valence-electron chi connectivity index (χ3n) is 2.20. The topological polar surface area (TPSA) is 67.2 Å². The van der Waals surface area contributed by atoms with E-state index < -0.39 is 4.92 Å². The molecule has 0 bridgehead atoms. The zero-order chi connectivity index (χ0) is 12.7. The fourth-order valence-electron chi connectivity index (χ4n) is 1.39. The van der Waals surface area contributed by atoms with E-state index in [1.807, 2.05) is 0 Å². The standard InChI is InChI=1S/C11H16ClN3O2/c1-2-5-13-6-7-14-10-4-3-9(12)8-11(10)15(16)17/h3-4,8,13-14H,2,5-7H2,1H3. The number of anilines is 1. The van der Waals surface area contributed by atoms with Crippen LogP contribution in [0, 0.1) is 10.1 Å².